The molecule has 0 heterocycles. The third kappa shape index (κ3) is 49.1. The van der Waals surface area contributed by atoms with Crippen LogP contribution in [0.4, 0.5) is 0 Å². The maximum atomic E-state index is 12.4. The Bertz CT molecular complexity index is 1380. The van der Waals surface area contributed by atoms with Crippen LogP contribution in [0.3, 0.4) is 0 Å². The molecule has 446 valence electrons. The largest absolute Gasteiger partial charge is 0.466 e. The molecule has 0 N–H and O–H groups in total. The lowest BCUT2D eigenvalue weighted by molar-refractivity contribution is -0.154. The molecule has 0 amide bonds. The zero-order valence-corrected chi connectivity index (χ0v) is 50.1. The lowest BCUT2D eigenvalue weighted by atomic mass is 9.99. The first-order valence-corrected chi connectivity index (χ1v) is 32.1. The van der Waals surface area contributed by atoms with E-state index in [1.807, 2.05) is 27.7 Å². The molecule has 0 bridgehead atoms. The molecule has 76 heavy (non-hydrogen) atoms. The van der Waals surface area contributed by atoms with Gasteiger partial charge in [-0.3, -0.25) is 28.8 Å². The Morgan fingerprint density at radius 2 is 0.447 bits per heavy atom. The van der Waals surface area contributed by atoms with E-state index in [0.29, 0.717) is 58.2 Å². The molecule has 0 aliphatic heterocycles. The van der Waals surface area contributed by atoms with Gasteiger partial charge in [0.2, 0.25) is 0 Å². The normalized spacial score (nSPS) is 12.9. The van der Waals surface area contributed by atoms with Crippen LogP contribution in [0.5, 0.6) is 0 Å². The molecule has 0 aromatic heterocycles. The highest BCUT2D eigenvalue weighted by atomic mass is 16.6. The Labute approximate surface area is 465 Å². The van der Waals surface area contributed by atoms with Gasteiger partial charge in [-0.2, -0.15) is 0 Å². The Morgan fingerprint density at radius 1 is 0.224 bits per heavy atom. The molecule has 4 atom stereocenters. The zero-order chi connectivity index (χ0) is 56.0. The fourth-order valence-corrected chi connectivity index (χ4v) is 9.66. The summed E-state index contributed by atoms with van der Waals surface area (Å²) in [6.45, 7) is 13.3. The van der Waals surface area contributed by atoms with Gasteiger partial charge in [0.05, 0.1) is 13.2 Å². The maximum absolute atomic E-state index is 12.4. The van der Waals surface area contributed by atoms with Gasteiger partial charge in [0.1, 0.15) is 24.4 Å². The second-order valence-corrected chi connectivity index (χ2v) is 21.9. The minimum Gasteiger partial charge on any atom is -0.466 e. The monoisotopic (exact) mass is 1080 g/mol. The molecular formula is C64H118O12. The summed E-state index contributed by atoms with van der Waals surface area (Å²) in [5.41, 5.74) is 0. The van der Waals surface area contributed by atoms with Gasteiger partial charge in [0, 0.05) is 38.5 Å². The van der Waals surface area contributed by atoms with Gasteiger partial charge in [-0.1, -0.05) is 170 Å². The summed E-state index contributed by atoms with van der Waals surface area (Å²) in [5, 5.41) is 0. The van der Waals surface area contributed by atoms with Crippen molar-refractivity contribution < 1.29 is 57.2 Å². The predicted octanol–water partition coefficient (Wildman–Crippen LogP) is 17.8. The average Bonchev–Trinajstić information content (AvgIpc) is 3.38. The van der Waals surface area contributed by atoms with Gasteiger partial charge >= 0.3 is 35.8 Å². The molecule has 0 aromatic carbocycles. The smallest absolute Gasteiger partial charge is 0.306 e. The van der Waals surface area contributed by atoms with Gasteiger partial charge in [-0.05, 0) is 128 Å². The van der Waals surface area contributed by atoms with Crippen molar-refractivity contribution >= 4 is 35.8 Å². The number of hydrogen-bond donors (Lipinski definition) is 0. The Hall–Kier alpha value is -3.18. The van der Waals surface area contributed by atoms with E-state index < -0.39 is 0 Å². The van der Waals surface area contributed by atoms with Crippen molar-refractivity contribution in [3.8, 4) is 0 Å². The van der Waals surface area contributed by atoms with Gasteiger partial charge in [0.15, 0.2) is 0 Å². The van der Waals surface area contributed by atoms with Gasteiger partial charge in [0.25, 0.3) is 0 Å². The molecule has 0 spiro atoms. The van der Waals surface area contributed by atoms with Crippen molar-refractivity contribution in [3.63, 3.8) is 0 Å². The number of carbonyl (C=O) groups excluding carboxylic acids is 6. The highest BCUT2D eigenvalue weighted by Crippen LogP contribution is 2.23. The number of unbranched alkanes of at least 4 members (excludes halogenated alkanes) is 23. The zero-order valence-electron chi connectivity index (χ0n) is 50.1. The first-order valence-electron chi connectivity index (χ1n) is 32.1. The maximum Gasteiger partial charge on any atom is 0.306 e. The van der Waals surface area contributed by atoms with Crippen LogP contribution in [-0.4, -0.2) is 73.4 Å². The third-order valence-corrected chi connectivity index (χ3v) is 14.3. The van der Waals surface area contributed by atoms with Crippen molar-refractivity contribution in [2.45, 2.75) is 361 Å². The van der Waals surface area contributed by atoms with Crippen LogP contribution in [0.15, 0.2) is 0 Å². The molecule has 0 aliphatic rings. The summed E-state index contributed by atoms with van der Waals surface area (Å²) in [6, 6.07) is 0. The number of rotatable bonds is 57. The van der Waals surface area contributed by atoms with E-state index in [1.165, 1.54) is 44.9 Å². The van der Waals surface area contributed by atoms with Crippen LogP contribution >= 0.6 is 0 Å². The molecule has 0 rings (SSSR count). The second-order valence-electron chi connectivity index (χ2n) is 21.9. The molecule has 0 radical (unpaired) electrons. The standard InChI is InChI=1S/C64H118O12/c1-7-13-15-32-44-56(74-62(68)40-10-4)51-52-58(76-64(70)42-12-6)46-34-26-24-28-36-48-60(66)72-54-38-30-23-19-17-16-18-22-29-37-53-71-59(65)47-35-27-21-20-25-33-45-57(75-63(69)41-11-5)50-49-55(43-31-14-8-2)73-61(67)39-9-3/h55-58H,7-54H2,1-6H3. The Morgan fingerprint density at radius 3 is 0.724 bits per heavy atom. The predicted molar refractivity (Wildman–Crippen MR) is 308 cm³/mol. The minimum absolute atomic E-state index is 0.0873. The Balaban J connectivity index is 3.98. The number of ether oxygens (including phenoxy) is 6. The molecule has 12 nitrogen and oxygen atoms in total. The number of hydrogen-bond acceptors (Lipinski definition) is 12. The van der Waals surface area contributed by atoms with Crippen LogP contribution in [0.2, 0.25) is 0 Å². The molecule has 0 aliphatic carbocycles. The average molecular weight is 1080 g/mol. The Kier molecular flexibility index (Phi) is 52.8. The van der Waals surface area contributed by atoms with E-state index >= 15 is 0 Å². The molecule has 4 unspecified atom stereocenters. The van der Waals surface area contributed by atoms with Crippen LogP contribution in [0, 0.1) is 0 Å². The fraction of sp³-hybridized carbons (Fsp3) is 0.906. The van der Waals surface area contributed by atoms with Crippen LogP contribution in [0.25, 0.3) is 0 Å². The van der Waals surface area contributed by atoms with Gasteiger partial charge in [-0.15, -0.1) is 0 Å². The summed E-state index contributed by atoms with van der Waals surface area (Å²) in [4.78, 5) is 73.9. The van der Waals surface area contributed by atoms with E-state index in [2.05, 4.69) is 13.8 Å². The first kappa shape index (κ1) is 72.8. The van der Waals surface area contributed by atoms with Crippen LogP contribution in [-0.2, 0) is 57.2 Å². The number of esters is 6. The highest BCUT2D eigenvalue weighted by Gasteiger charge is 2.22. The molecular weight excluding hydrogens is 961 g/mol. The van der Waals surface area contributed by atoms with E-state index in [0.717, 1.165) is 205 Å². The summed E-state index contributed by atoms with van der Waals surface area (Å²) < 4.78 is 34.4. The van der Waals surface area contributed by atoms with Crippen molar-refractivity contribution in [1.82, 2.24) is 0 Å². The van der Waals surface area contributed by atoms with Crippen molar-refractivity contribution in [3.05, 3.63) is 0 Å². The van der Waals surface area contributed by atoms with Gasteiger partial charge in [-0.25, -0.2) is 0 Å². The van der Waals surface area contributed by atoms with Crippen molar-refractivity contribution in [2.24, 2.45) is 0 Å². The number of carbonyl (C=O) groups is 6. The second kappa shape index (κ2) is 55.1. The van der Waals surface area contributed by atoms with E-state index in [9.17, 15) is 28.8 Å². The van der Waals surface area contributed by atoms with Crippen LogP contribution < -0.4 is 0 Å². The lowest BCUT2D eigenvalue weighted by Gasteiger charge is -2.22. The van der Waals surface area contributed by atoms with E-state index in [-0.39, 0.29) is 60.2 Å². The summed E-state index contributed by atoms with van der Waals surface area (Å²) in [7, 11) is 0. The molecule has 0 saturated heterocycles. The first-order chi connectivity index (χ1) is 37.0. The third-order valence-electron chi connectivity index (χ3n) is 14.3. The molecule has 0 saturated carbocycles. The van der Waals surface area contributed by atoms with E-state index in [1.54, 1.807) is 0 Å². The summed E-state index contributed by atoms with van der Waals surface area (Å²) in [5.74, 6) is -0.726. The lowest BCUT2D eigenvalue weighted by Crippen LogP contribution is -2.23. The van der Waals surface area contributed by atoms with E-state index in [4.69, 9.17) is 28.4 Å². The van der Waals surface area contributed by atoms with Crippen molar-refractivity contribution in [2.75, 3.05) is 13.2 Å². The fourth-order valence-electron chi connectivity index (χ4n) is 9.66. The van der Waals surface area contributed by atoms with Crippen LogP contribution in [0.1, 0.15) is 337 Å². The van der Waals surface area contributed by atoms with Gasteiger partial charge < -0.3 is 28.4 Å². The quantitative estimate of drug-likeness (QED) is 0.0323. The SMILES string of the molecule is CCCCCCC(CCC(CCCCCCCC(=O)OCCCCCCCCCCCCOC(=O)CCCCCCCCC(CCC(CCCCC)OC(=O)CCC)OC(=O)CCC)OC(=O)CCC)OC(=O)CCC. The topological polar surface area (TPSA) is 158 Å². The summed E-state index contributed by atoms with van der Waals surface area (Å²) in [6.07, 6.45) is 41.4. The highest BCUT2D eigenvalue weighted by molar-refractivity contribution is 5.71. The molecule has 0 fully saturated rings. The molecule has 0 aromatic rings. The van der Waals surface area contributed by atoms with Crippen molar-refractivity contribution in [1.29, 1.82) is 0 Å². The minimum atomic E-state index is -0.156. The summed E-state index contributed by atoms with van der Waals surface area (Å²) >= 11 is 0. The molecule has 12 heteroatoms.